The molecular weight excluding hydrogens is 648 g/mol. The van der Waals surface area contributed by atoms with E-state index >= 15 is 0 Å². The molecule has 1 fully saturated rings. The maximum Gasteiger partial charge on any atom is 0.408 e. The van der Waals surface area contributed by atoms with Crippen molar-refractivity contribution in [3.05, 3.63) is 71.8 Å². The van der Waals surface area contributed by atoms with Crippen molar-refractivity contribution >= 4 is 24.0 Å². The van der Waals surface area contributed by atoms with E-state index in [1.807, 2.05) is 74.5 Å². The van der Waals surface area contributed by atoms with Gasteiger partial charge in [0, 0.05) is 26.2 Å². The third-order valence-corrected chi connectivity index (χ3v) is 7.81. The molecule has 2 aromatic carbocycles. The Morgan fingerprint density at radius 3 is 1.18 bits per heavy atom. The Bertz CT molecular complexity index is 1150. The lowest BCUT2D eigenvalue weighted by Gasteiger charge is -2.28. The van der Waals surface area contributed by atoms with Crippen LogP contribution in [-0.4, -0.2) is 125 Å². The zero-order valence-corrected chi connectivity index (χ0v) is 29.2. The van der Waals surface area contributed by atoms with E-state index in [0.717, 1.165) is 11.1 Å². The van der Waals surface area contributed by atoms with Crippen LogP contribution in [0.4, 0.5) is 9.59 Å². The van der Waals surface area contributed by atoms with E-state index in [2.05, 4.69) is 10.6 Å². The van der Waals surface area contributed by atoms with Crippen molar-refractivity contribution in [1.82, 2.24) is 20.4 Å². The zero-order chi connectivity index (χ0) is 35.8. The van der Waals surface area contributed by atoms with Crippen molar-refractivity contribution < 1.29 is 47.6 Å². The molecule has 2 aromatic rings. The molecule has 14 heteroatoms. The maximum atomic E-state index is 13.4. The molecule has 0 spiro atoms. The number of nitrogens with one attached hydrogen (secondary N) is 2. The van der Waals surface area contributed by atoms with E-state index in [1.165, 1.54) is 0 Å². The Hall–Kier alpha value is -4.24. The number of amides is 4. The van der Waals surface area contributed by atoms with E-state index in [1.54, 1.807) is 9.80 Å². The standard InChI is InChI=1S/C36H52N4O10/c1-3-31(37-35(43)49-27-29-11-7-5-8-12-29)33(41)39-15-19-45-23-25-47-21-17-40(18-22-48-26-24-46-20-16-39)34(42)32(4-2)38-36(44)50-28-30-13-9-6-10-14-30/h5-14,31-32H,3-4,15-28H2,1-2H3,(H,37,43)(H,38,44)/t31-,32+. The van der Waals surface area contributed by atoms with Gasteiger partial charge in [-0.3, -0.25) is 9.59 Å². The van der Waals surface area contributed by atoms with Crippen LogP contribution in [0.25, 0.3) is 0 Å². The van der Waals surface area contributed by atoms with Crippen LogP contribution >= 0.6 is 0 Å². The summed E-state index contributed by atoms with van der Waals surface area (Å²) in [5, 5.41) is 5.36. The highest BCUT2D eigenvalue weighted by molar-refractivity contribution is 5.86. The molecule has 0 radical (unpaired) electrons. The number of benzene rings is 2. The smallest absolute Gasteiger partial charge is 0.408 e. The zero-order valence-electron chi connectivity index (χ0n) is 29.2. The van der Waals surface area contributed by atoms with E-state index < -0.39 is 24.3 Å². The first-order valence-corrected chi connectivity index (χ1v) is 17.2. The average Bonchev–Trinajstić information content (AvgIpc) is 3.14. The van der Waals surface area contributed by atoms with Crippen LogP contribution in [0.15, 0.2) is 60.7 Å². The summed E-state index contributed by atoms with van der Waals surface area (Å²) in [4.78, 5) is 54.9. The maximum absolute atomic E-state index is 13.4. The summed E-state index contributed by atoms with van der Waals surface area (Å²) in [6, 6.07) is 17.1. The molecule has 3 rings (SSSR count). The van der Waals surface area contributed by atoms with Gasteiger partial charge in [-0.25, -0.2) is 9.59 Å². The molecule has 1 heterocycles. The van der Waals surface area contributed by atoms with Gasteiger partial charge in [-0.05, 0) is 24.0 Å². The van der Waals surface area contributed by atoms with E-state index in [-0.39, 0.29) is 104 Å². The highest BCUT2D eigenvalue weighted by Gasteiger charge is 2.26. The summed E-state index contributed by atoms with van der Waals surface area (Å²) < 4.78 is 33.6. The van der Waals surface area contributed by atoms with Crippen LogP contribution in [0.5, 0.6) is 0 Å². The molecule has 0 saturated carbocycles. The van der Waals surface area contributed by atoms with Gasteiger partial charge in [0.15, 0.2) is 0 Å². The summed E-state index contributed by atoms with van der Waals surface area (Å²) >= 11 is 0. The number of carbonyl (C=O) groups excluding carboxylic acids is 4. The van der Waals surface area contributed by atoms with Gasteiger partial charge in [-0.1, -0.05) is 74.5 Å². The molecule has 0 aliphatic carbocycles. The second-order valence-corrected chi connectivity index (χ2v) is 11.4. The lowest BCUT2D eigenvalue weighted by Crippen LogP contribution is -2.50. The molecule has 0 unspecified atom stereocenters. The number of nitrogens with zero attached hydrogens (tertiary/aromatic N) is 2. The van der Waals surface area contributed by atoms with Gasteiger partial charge in [0.2, 0.25) is 11.8 Å². The van der Waals surface area contributed by atoms with Crippen molar-refractivity contribution in [2.75, 3.05) is 79.0 Å². The highest BCUT2D eigenvalue weighted by Crippen LogP contribution is 2.06. The normalized spacial score (nSPS) is 16.9. The molecule has 0 bridgehead atoms. The van der Waals surface area contributed by atoms with Gasteiger partial charge in [0.05, 0.1) is 52.9 Å². The van der Waals surface area contributed by atoms with Gasteiger partial charge in [0.1, 0.15) is 25.3 Å². The number of hydrogen-bond acceptors (Lipinski definition) is 10. The summed E-state index contributed by atoms with van der Waals surface area (Å²) in [6.07, 6.45) is -0.571. The van der Waals surface area contributed by atoms with Crippen LogP contribution in [0.2, 0.25) is 0 Å². The van der Waals surface area contributed by atoms with E-state index in [0.29, 0.717) is 12.8 Å². The van der Waals surface area contributed by atoms with Gasteiger partial charge >= 0.3 is 12.2 Å². The molecule has 50 heavy (non-hydrogen) atoms. The van der Waals surface area contributed by atoms with Crippen LogP contribution in [0, 0.1) is 0 Å². The number of carbonyl (C=O) groups is 4. The first-order valence-electron chi connectivity index (χ1n) is 17.2. The average molecular weight is 701 g/mol. The first kappa shape index (κ1) is 40.2. The SMILES string of the molecule is CC[C@H](NC(=O)OCc1ccccc1)C(=O)N1CCOCCOCCN(C(=O)[C@@H](CC)NC(=O)OCc2ccccc2)CCOCCOCC1. The molecule has 2 atom stereocenters. The van der Waals surface area contributed by atoms with Gasteiger partial charge in [0.25, 0.3) is 0 Å². The fraction of sp³-hybridized carbons (Fsp3) is 0.556. The third kappa shape index (κ3) is 15.5. The van der Waals surface area contributed by atoms with Crippen LogP contribution in [0.1, 0.15) is 37.8 Å². The van der Waals surface area contributed by atoms with Crippen molar-refractivity contribution in [1.29, 1.82) is 0 Å². The largest absolute Gasteiger partial charge is 0.445 e. The Kier molecular flexibility index (Phi) is 19.3. The van der Waals surface area contributed by atoms with Gasteiger partial charge in [-0.15, -0.1) is 0 Å². The minimum atomic E-state index is -0.768. The van der Waals surface area contributed by atoms with Crippen molar-refractivity contribution in [2.45, 2.75) is 52.0 Å². The predicted octanol–water partition coefficient (Wildman–Crippen LogP) is 3.13. The molecule has 1 aliphatic heterocycles. The predicted molar refractivity (Wildman–Crippen MR) is 184 cm³/mol. The molecule has 1 aliphatic rings. The molecule has 276 valence electrons. The topological polar surface area (TPSA) is 154 Å². The highest BCUT2D eigenvalue weighted by atomic mass is 16.6. The summed E-state index contributed by atoms with van der Waals surface area (Å²) in [5.74, 6) is -0.514. The third-order valence-electron chi connectivity index (χ3n) is 7.81. The number of rotatable bonds is 10. The lowest BCUT2D eigenvalue weighted by molar-refractivity contribution is -0.136. The van der Waals surface area contributed by atoms with Crippen molar-refractivity contribution in [3.63, 3.8) is 0 Å². The molecule has 0 aromatic heterocycles. The van der Waals surface area contributed by atoms with Crippen molar-refractivity contribution in [2.24, 2.45) is 0 Å². The summed E-state index contributed by atoms with van der Waals surface area (Å²) in [6.45, 7) is 7.13. The minimum Gasteiger partial charge on any atom is -0.445 e. The second kappa shape index (κ2) is 24.0. The molecule has 1 saturated heterocycles. The first-order chi connectivity index (χ1) is 24.4. The van der Waals surface area contributed by atoms with E-state index in [9.17, 15) is 19.2 Å². The van der Waals surface area contributed by atoms with Crippen LogP contribution in [0.3, 0.4) is 0 Å². The van der Waals surface area contributed by atoms with Crippen molar-refractivity contribution in [3.8, 4) is 0 Å². The fourth-order valence-corrected chi connectivity index (χ4v) is 4.94. The molecular formula is C36H52N4O10. The Balaban J connectivity index is 1.46. The fourth-order valence-electron chi connectivity index (χ4n) is 4.94. The van der Waals surface area contributed by atoms with E-state index in [4.69, 9.17) is 28.4 Å². The Labute approximate surface area is 294 Å². The second-order valence-electron chi connectivity index (χ2n) is 11.4. The van der Waals surface area contributed by atoms with Crippen LogP contribution in [-0.2, 0) is 51.2 Å². The molecule has 2 N–H and O–H groups in total. The Morgan fingerprint density at radius 2 is 0.880 bits per heavy atom. The number of alkyl carbamates (subject to hydrolysis) is 2. The number of ether oxygens (including phenoxy) is 6. The van der Waals surface area contributed by atoms with Gasteiger partial charge in [-0.2, -0.15) is 0 Å². The summed E-state index contributed by atoms with van der Waals surface area (Å²) in [7, 11) is 0. The quantitative estimate of drug-likeness (QED) is 0.378. The number of hydrogen-bond donors (Lipinski definition) is 2. The lowest BCUT2D eigenvalue weighted by atomic mass is 10.2. The monoisotopic (exact) mass is 700 g/mol. The van der Waals surface area contributed by atoms with Crippen LogP contribution < -0.4 is 10.6 Å². The van der Waals surface area contributed by atoms with Gasteiger partial charge < -0.3 is 48.9 Å². The molecule has 4 amide bonds. The Morgan fingerprint density at radius 1 is 0.560 bits per heavy atom. The summed E-state index contributed by atoms with van der Waals surface area (Å²) in [5.41, 5.74) is 1.69. The molecule has 14 nitrogen and oxygen atoms in total. The minimum absolute atomic E-state index is 0.101.